The van der Waals surface area contributed by atoms with Crippen molar-refractivity contribution in [2.75, 3.05) is 19.7 Å². The number of benzene rings is 1. The van der Waals surface area contributed by atoms with Gasteiger partial charge < -0.3 is 13.7 Å². The maximum Gasteiger partial charge on any atom is 0.253 e. The van der Waals surface area contributed by atoms with Gasteiger partial charge in [0.1, 0.15) is 17.0 Å². The third-order valence-corrected chi connectivity index (χ3v) is 5.65. The first-order chi connectivity index (χ1) is 15.6. The van der Waals surface area contributed by atoms with E-state index in [-0.39, 0.29) is 6.10 Å². The number of morpholine rings is 1. The maximum atomic E-state index is 6.03. The van der Waals surface area contributed by atoms with Crippen LogP contribution >= 0.6 is 0 Å². The van der Waals surface area contributed by atoms with Crippen molar-refractivity contribution in [2.45, 2.75) is 40.0 Å². The second kappa shape index (κ2) is 8.68. The zero-order valence-electron chi connectivity index (χ0n) is 18.5. The van der Waals surface area contributed by atoms with Crippen LogP contribution in [0.2, 0.25) is 0 Å². The molecule has 1 aliphatic heterocycles. The molecule has 1 saturated heterocycles. The Hall–Kier alpha value is -3.30. The Morgan fingerprint density at radius 3 is 2.72 bits per heavy atom. The number of ether oxygens (including phenoxy) is 1. The number of aryl methyl sites for hydroxylation is 3. The lowest BCUT2D eigenvalue weighted by atomic mass is 10.1. The van der Waals surface area contributed by atoms with Crippen molar-refractivity contribution in [1.82, 2.24) is 30.0 Å². The SMILES string of the molecule is Cc1cc(C)n(CC2CN(Cc3nnc(-c4c(-c5ccccc5)noc4C)o3)CCO2)n1. The van der Waals surface area contributed by atoms with Crippen LogP contribution in [-0.2, 0) is 17.8 Å². The number of rotatable bonds is 6. The highest BCUT2D eigenvalue weighted by Crippen LogP contribution is 2.33. The third-order valence-electron chi connectivity index (χ3n) is 5.65. The molecule has 1 unspecified atom stereocenters. The zero-order valence-corrected chi connectivity index (χ0v) is 18.5. The standard InChI is InChI=1S/C23H26N6O3/c1-15-11-16(2)29(26-15)13-19-12-28(9-10-30-19)14-20-24-25-23(31-20)21-17(3)32-27-22(21)18-7-5-4-6-8-18/h4-8,11,19H,9-10,12-14H2,1-3H3. The van der Waals surface area contributed by atoms with Crippen molar-refractivity contribution in [3.05, 3.63) is 59.4 Å². The Bertz CT molecular complexity index is 1200. The second-order valence-electron chi connectivity index (χ2n) is 8.17. The lowest BCUT2D eigenvalue weighted by molar-refractivity contribution is -0.0425. The van der Waals surface area contributed by atoms with E-state index in [0.717, 1.165) is 42.1 Å². The van der Waals surface area contributed by atoms with Gasteiger partial charge in [0.15, 0.2) is 0 Å². The molecule has 1 atom stereocenters. The highest BCUT2D eigenvalue weighted by atomic mass is 16.5. The van der Waals surface area contributed by atoms with Gasteiger partial charge in [0.05, 0.1) is 31.5 Å². The predicted octanol–water partition coefficient (Wildman–Crippen LogP) is 3.41. The van der Waals surface area contributed by atoms with Gasteiger partial charge in [-0.3, -0.25) is 9.58 Å². The molecule has 0 amide bonds. The summed E-state index contributed by atoms with van der Waals surface area (Å²) in [5, 5.41) is 17.3. The summed E-state index contributed by atoms with van der Waals surface area (Å²) in [4.78, 5) is 2.27. The van der Waals surface area contributed by atoms with Crippen LogP contribution in [0, 0.1) is 20.8 Å². The Balaban J connectivity index is 1.29. The molecule has 0 aliphatic carbocycles. The fourth-order valence-electron chi connectivity index (χ4n) is 4.11. The molecular formula is C23H26N6O3. The quantitative estimate of drug-likeness (QED) is 0.456. The number of hydrogen-bond acceptors (Lipinski definition) is 8. The van der Waals surface area contributed by atoms with E-state index in [4.69, 9.17) is 13.7 Å². The minimum atomic E-state index is 0.0640. The normalized spacial score (nSPS) is 17.2. The van der Waals surface area contributed by atoms with Crippen LogP contribution in [0.4, 0.5) is 0 Å². The van der Waals surface area contributed by atoms with E-state index in [1.165, 1.54) is 0 Å². The molecule has 4 heterocycles. The summed E-state index contributed by atoms with van der Waals surface area (Å²) in [5.74, 6) is 1.63. The molecular weight excluding hydrogens is 408 g/mol. The molecule has 1 aliphatic rings. The van der Waals surface area contributed by atoms with Gasteiger partial charge in [-0.25, -0.2) is 0 Å². The Morgan fingerprint density at radius 1 is 1.09 bits per heavy atom. The summed E-state index contributed by atoms with van der Waals surface area (Å²) in [6.45, 7) is 9.46. The second-order valence-corrected chi connectivity index (χ2v) is 8.17. The summed E-state index contributed by atoms with van der Waals surface area (Å²) in [7, 11) is 0. The highest BCUT2D eigenvalue weighted by Gasteiger charge is 2.25. The van der Waals surface area contributed by atoms with Gasteiger partial charge >= 0.3 is 0 Å². The summed E-state index contributed by atoms with van der Waals surface area (Å²) >= 11 is 0. The number of hydrogen-bond donors (Lipinski definition) is 0. The average molecular weight is 435 g/mol. The molecule has 0 radical (unpaired) electrons. The van der Waals surface area contributed by atoms with E-state index >= 15 is 0 Å². The van der Waals surface area contributed by atoms with Crippen molar-refractivity contribution in [1.29, 1.82) is 0 Å². The fraction of sp³-hybridized carbons (Fsp3) is 0.391. The summed E-state index contributed by atoms with van der Waals surface area (Å²) in [6, 6.07) is 11.9. The Kier molecular flexibility index (Phi) is 5.59. The van der Waals surface area contributed by atoms with Gasteiger partial charge in [0, 0.05) is 24.3 Å². The first kappa shape index (κ1) is 20.6. The molecule has 166 valence electrons. The number of aromatic nitrogens is 5. The Morgan fingerprint density at radius 2 is 1.94 bits per heavy atom. The van der Waals surface area contributed by atoms with Crippen molar-refractivity contribution < 1.29 is 13.7 Å². The molecule has 1 fully saturated rings. The topological polar surface area (TPSA) is 95.2 Å². The van der Waals surface area contributed by atoms with Gasteiger partial charge in [0.25, 0.3) is 5.89 Å². The van der Waals surface area contributed by atoms with Crippen molar-refractivity contribution in [2.24, 2.45) is 0 Å². The summed E-state index contributed by atoms with van der Waals surface area (Å²) in [5.41, 5.74) is 4.55. The van der Waals surface area contributed by atoms with E-state index in [1.54, 1.807) is 0 Å². The van der Waals surface area contributed by atoms with Gasteiger partial charge in [-0.15, -0.1) is 10.2 Å². The molecule has 0 saturated carbocycles. The van der Waals surface area contributed by atoms with Crippen LogP contribution in [0.25, 0.3) is 22.7 Å². The molecule has 5 rings (SSSR count). The predicted molar refractivity (Wildman–Crippen MR) is 117 cm³/mol. The van der Waals surface area contributed by atoms with Gasteiger partial charge in [-0.05, 0) is 26.8 Å². The van der Waals surface area contributed by atoms with E-state index < -0.39 is 0 Å². The molecule has 0 N–H and O–H groups in total. The van der Waals surface area contributed by atoms with Gasteiger partial charge in [-0.1, -0.05) is 35.5 Å². The molecule has 1 aromatic carbocycles. The van der Waals surface area contributed by atoms with Crippen LogP contribution in [0.3, 0.4) is 0 Å². The van der Waals surface area contributed by atoms with Crippen LogP contribution in [-0.4, -0.2) is 55.8 Å². The van der Waals surface area contributed by atoms with Crippen molar-refractivity contribution >= 4 is 0 Å². The van der Waals surface area contributed by atoms with Crippen LogP contribution in [0.5, 0.6) is 0 Å². The van der Waals surface area contributed by atoms with Gasteiger partial charge in [0.2, 0.25) is 5.89 Å². The fourth-order valence-corrected chi connectivity index (χ4v) is 4.11. The summed E-state index contributed by atoms with van der Waals surface area (Å²) in [6.07, 6.45) is 0.0640. The minimum absolute atomic E-state index is 0.0640. The molecule has 3 aromatic heterocycles. The highest BCUT2D eigenvalue weighted by molar-refractivity contribution is 5.77. The maximum absolute atomic E-state index is 6.03. The van der Waals surface area contributed by atoms with Gasteiger partial charge in [-0.2, -0.15) is 5.10 Å². The zero-order chi connectivity index (χ0) is 22.1. The smallest absolute Gasteiger partial charge is 0.253 e. The summed E-state index contributed by atoms with van der Waals surface area (Å²) < 4.78 is 19.4. The molecule has 32 heavy (non-hydrogen) atoms. The van der Waals surface area contributed by atoms with E-state index in [0.29, 0.717) is 36.4 Å². The monoisotopic (exact) mass is 434 g/mol. The van der Waals surface area contributed by atoms with E-state index in [1.807, 2.05) is 48.9 Å². The molecule has 4 aromatic rings. The first-order valence-corrected chi connectivity index (χ1v) is 10.8. The van der Waals surface area contributed by atoms with Crippen molar-refractivity contribution in [3.8, 4) is 22.7 Å². The van der Waals surface area contributed by atoms with Crippen molar-refractivity contribution in [3.63, 3.8) is 0 Å². The van der Waals surface area contributed by atoms with Crippen LogP contribution in [0.15, 0.2) is 45.3 Å². The molecule has 9 heteroatoms. The van der Waals surface area contributed by atoms with Crippen LogP contribution < -0.4 is 0 Å². The first-order valence-electron chi connectivity index (χ1n) is 10.8. The number of nitrogens with zero attached hydrogens (tertiary/aromatic N) is 6. The lowest BCUT2D eigenvalue weighted by Gasteiger charge is -2.32. The Labute approximate surface area is 186 Å². The van der Waals surface area contributed by atoms with E-state index in [9.17, 15) is 0 Å². The molecule has 0 bridgehead atoms. The molecule has 9 nitrogen and oxygen atoms in total. The van der Waals surface area contributed by atoms with Crippen LogP contribution in [0.1, 0.15) is 23.0 Å². The lowest BCUT2D eigenvalue weighted by Crippen LogP contribution is -2.44. The largest absolute Gasteiger partial charge is 0.419 e. The average Bonchev–Trinajstić information content (AvgIpc) is 3.48. The van der Waals surface area contributed by atoms with E-state index in [2.05, 4.69) is 38.3 Å². The molecule has 0 spiro atoms. The minimum Gasteiger partial charge on any atom is -0.419 e. The third kappa shape index (κ3) is 4.21.